The molecule has 2 aromatic carbocycles. The van der Waals surface area contributed by atoms with Gasteiger partial charge < -0.3 is 16.6 Å². The molecule has 27 heavy (non-hydrogen) atoms. The molecule has 2 atom stereocenters. The zero-order valence-electron chi connectivity index (χ0n) is 14.6. The molecule has 0 bridgehead atoms. The van der Waals surface area contributed by atoms with Crippen molar-refractivity contribution in [2.45, 2.75) is 24.9 Å². The van der Waals surface area contributed by atoms with Crippen LogP contribution in [-0.2, 0) is 27.2 Å². The summed E-state index contributed by atoms with van der Waals surface area (Å²) in [6, 6.07) is 16.3. The Morgan fingerprint density at radius 2 is 1.52 bits per heavy atom. The van der Waals surface area contributed by atoms with Gasteiger partial charge in [-0.25, -0.2) is 0 Å². The molecule has 2 rings (SSSR count). The average Bonchev–Trinajstić information content (AvgIpc) is 2.69. The molecular formula is C20H20N4O3. The van der Waals surface area contributed by atoms with Gasteiger partial charge in [-0.05, 0) is 17.5 Å². The number of amides is 1. The molecule has 0 saturated carbocycles. The third-order valence-electron chi connectivity index (χ3n) is 4.02. The SMILES string of the molecule is [N-]=[N+]=C(C=O)C(=O)[C@H](Cc1ccccc1)NC(=O)C(N)Cc1ccccc1. The highest BCUT2D eigenvalue weighted by molar-refractivity contribution is 6.59. The molecule has 0 spiro atoms. The first kappa shape index (κ1) is 19.9. The maximum Gasteiger partial charge on any atom is 0.399 e. The van der Waals surface area contributed by atoms with Gasteiger partial charge in [0.05, 0.1) is 6.04 Å². The summed E-state index contributed by atoms with van der Waals surface area (Å²) in [7, 11) is 0. The van der Waals surface area contributed by atoms with E-state index >= 15 is 0 Å². The van der Waals surface area contributed by atoms with Gasteiger partial charge in [-0.3, -0.25) is 14.4 Å². The molecule has 0 aliphatic heterocycles. The topological polar surface area (TPSA) is 126 Å². The van der Waals surface area contributed by atoms with Crippen molar-refractivity contribution in [1.82, 2.24) is 5.32 Å². The van der Waals surface area contributed by atoms with Crippen LogP contribution in [0, 0.1) is 0 Å². The third kappa shape index (κ3) is 5.81. The summed E-state index contributed by atoms with van der Waals surface area (Å²) in [4.78, 5) is 38.6. The first-order chi connectivity index (χ1) is 13.0. The van der Waals surface area contributed by atoms with E-state index in [-0.39, 0.29) is 12.7 Å². The van der Waals surface area contributed by atoms with Gasteiger partial charge in [-0.2, -0.15) is 4.79 Å². The van der Waals surface area contributed by atoms with E-state index in [0.717, 1.165) is 11.1 Å². The molecule has 1 amide bonds. The number of Topliss-reactive ketones (excluding diaryl/α,β-unsaturated/α-hetero) is 1. The summed E-state index contributed by atoms with van der Waals surface area (Å²) >= 11 is 0. The molecule has 3 N–H and O–H groups in total. The summed E-state index contributed by atoms with van der Waals surface area (Å²) in [6.07, 6.45) is 0.584. The quantitative estimate of drug-likeness (QED) is 0.223. The fourth-order valence-corrected chi connectivity index (χ4v) is 2.61. The molecule has 7 nitrogen and oxygen atoms in total. The minimum absolute atomic E-state index is 0.135. The molecule has 0 radical (unpaired) electrons. The monoisotopic (exact) mass is 364 g/mol. The van der Waals surface area contributed by atoms with Gasteiger partial charge in [0.1, 0.15) is 6.04 Å². The highest BCUT2D eigenvalue weighted by Crippen LogP contribution is 2.06. The first-order valence-corrected chi connectivity index (χ1v) is 8.40. The number of carbonyl (C=O) groups is 3. The number of hydrogen-bond donors (Lipinski definition) is 2. The van der Waals surface area contributed by atoms with Crippen LogP contribution in [0.15, 0.2) is 60.7 Å². The predicted octanol–water partition coefficient (Wildman–Crippen LogP) is 0.723. The van der Waals surface area contributed by atoms with Crippen LogP contribution in [0.4, 0.5) is 0 Å². The van der Waals surface area contributed by atoms with Crippen molar-refractivity contribution in [3.8, 4) is 0 Å². The normalized spacial score (nSPS) is 12.3. The predicted molar refractivity (Wildman–Crippen MR) is 99.9 cm³/mol. The number of ketones is 1. The molecule has 138 valence electrons. The van der Waals surface area contributed by atoms with Crippen LogP contribution in [0.5, 0.6) is 0 Å². The van der Waals surface area contributed by atoms with E-state index in [4.69, 9.17) is 11.3 Å². The summed E-state index contributed by atoms with van der Waals surface area (Å²) in [5.74, 6) is -1.31. The molecule has 2 aromatic rings. The number of hydrogen-bond acceptors (Lipinski definition) is 4. The molecule has 7 heteroatoms. The number of carbonyl (C=O) groups excluding carboxylic acids is 3. The lowest BCUT2D eigenvalue weighted by molar-refractivity contribution is -0.128. The number of nitrogens with two attached hydrogens (primary N) is 1. The number of nitrogens with zero attached hydrogens (tertiary/aromatic N) is 2. The lowest BCUT2D eigenvalue weighted by Crippen LogP contribution is -2.51. The van der Waals surface area contributed by atoms with Crippen LogP contribution in [0.2, 0.25) is 0 Å². The van der Waals surface area contributed by atoms with Crippen LogP contribution in [0.3, 0.4) is 0 Å². The molecule has 0 aliphatic rings. The number of aldehydes is 1. The van der Waals surface area contributed by atoms with Crippen LogP contribution in [0.1, 0.15) is 11.1 Å². The molecule has 0 fully saturated rings. The number of rotatable bonds is 9. The summed E-state index contributed by atoms with van der Waals surface area (Å²) in [5.41, 5.74) is 15.8. The largest absolute Gasteiger partial charge is 0.399 e. The Balaban J connectivity index is 2.14. The second-order valence-electron chi connectivity index (χ2n) is 6.01. The second kappa shape index (κ2) is 9.91. The third-order valence-corrected chi connectivity index (χ3v) is 4.02. The fraction of sp³-hybridized carbons (Fsp3) is 0.200. The Hall–Kier alpha value is -3.41. The van der Waals surface area contributed by atoms with Gasteiger partial charge in [0.25, 0.3) is 5.78 Å². The van der Waals surface area contributed by atoms with Crippen molar-refractivity contribution < 1.29 is 19.2 Å². The Labute approximate surface area is 156 Å². The Bertz CT molecular complexity index is 846. The minimum atomic E-state index is -1.07. The van der Waals surface area contributed by atoms with Crippen molar-refractivity contribution in [3.63, 3.8) is 0 Å². The summed E-state index contributed by atoms with van der Waals surface area (Å²) < 4.78 is 0. The van der Waals surface area contributed by atoms with Gasteiger partial charge in [0.2, 0.25) is 12.2 Å². The van der Waals surface area contributed by atoms with E-state index in [9.17, 15) is 14.4 Å². The Morgan fingerprint density at radius 1 is 1.00 bits per heavy atom. The Kier molecular flexibility index (Phi) is 7.31. The van der Waals surface area contributed by atoms with Gasteiger partial charge in [-0.15, -0.1) is 0 Å². The zero-order chi connectivity index (χ0) is 19.6. The van der Waals surface area contributed by atoms with Gasteiger partial charge in [0.15, 0.2) is 0 Å². The van der Waals surface area contributed by atoms with Crippen molar-refractivity contribution in [1.29, 1.82) is 0 Å². The number of benzene rings is 2. The van der Waals surface area contributed by atoms with Crippen molar-refractivity contribution in [2.75, 3.05) is 0 Å². The van der Waals surface area contributed by atoms with Crippen molar-refractivity contribution >= 4 is 23.7 Å². The van der Waals surface area contributed by atoms with Crippen molar-refractivity contribution in [3.05, 3.63) is 77.3 Å². The lowest BCUT2D eigenvalue weighted by atomic mass is 9.99. The number of nitrogens with one attached hydrogen (secondary N) is 1. The summed E-state index contributed by atoms with van der Waals surface area (Å²) in [5, 5.41) is 2.57. The lowest BCUT2D eigenvalue weighted by Gasteiger charge is -2.18. The maximum absolute atomic E-state index is 12.5. The molecule has 0 aliphatic carbocycles. The first-order valence-electron chi connectivity index (χ1n) is 8.40. The van der Waals surface area contributed by atoms with E-state index in [1.54, 1.807) is 24.3 Å². The van der Waals surface area contributed by atoms with Crippen LogP contribution in [0.25, 0.3) is 5.53 Å². The summed E-state index contributed by atoms with van der Waals surface area (Å²) in [6.45, 7) is 0. The fourth-order valence-electron chi connectivity index (χ4n) is 2.61. The molecule has 1 unspecified atom stereocenters. The second-order valence-corrected chi connectivity index (χ2v) is 6.01. The van der Waals surface area contributed by atoms with Crippen LogP contribution < -0.4 is 11.1 Å². The van der Waals surface area contributed by atoms with E-state index in [0.29, 0.717) is 6.42 Å². The van der Waals surface area contributed by atoms with Crippen molar-refractivity contribution in [2.24, 2.45) is 5.73 Å². The molecule has 0 aromatic heterocycles. The van der Waals surface area contributed by atoms with Gasteiger partial charge in [-0.1, -0.05) is 60.7 Å². The maximum atomic E-state index is 12.5. The van der Waals surface area contributed by atoms with Crippen LogP contribution in [-0.4, -0.2) is 40.6 Å². The van der Waals surface area contributed by atoms with E-state index < -0.39 is 29.5 Å². The zero-order valence-corrected chi connectivity index (χ0v) is 14.6. The highest BCUT2D eigenvalue weighted by atomic mass is 16.2. The molecular weight excluding hydrogens is 344 g/mol. The standard InChI is InChI=1S/C20H20N4O3/c21-16(11-14-7-3-1-4-8-14)20(27)23-17(19(26)18(13-25)24-22)12-15-9-5-2-6-10-15/h1-10,13,16-17H,11-12,21H2,(H,23,27)/t16?,17-/m0/s1. The smallest absolute Gasteiger partial charge is 0.360 e. The van der Waals surface area contributed by atoms with Gasteiger partial charge >= 0.3 is 5.71 Å². The van der Waals surface area contributed by atoms with Crippen LogP contribution >= 0.6 is 0 Å². The van der Waals surface area contributed by atoms with Gasteiger partial charge in [0, 0.05) is 6.42 Å². The Morgan fingerprint density at radius 3 is 2.00 bits per heavy atom. The highest BCUT2D eigenvalue weighted by Gasteiger charge is 2.31. The van der Waals surface area contributed by atoms with E-state index in [2.05, 4.69) is 10.1 Å². The average molecular weight is 364 g/mol. The molecule has 0 saturated heterocycles. The van der Waals surface area contributed by atoms with E-state index in [1.807, 2.05) is 36.4 Å². The van der Waals surface area contributed by atoms with E-state index in [1.165, 1.54) is 0 Å². The molecule has 0 heterocycles. The minimum Gasteiger partial charge on any atom is -0.360 e.